The smallest absolute Gasteiger partial charge is 0.222 e. The van der Waals surface area contributed by atoms with E-state index in [0.29, 0.717) is 26.1 Å². The van der Waals surface area contributed by atoms with Crippen molar-refractivity contribution in [3.8, 4) is 11.4 Å². The lowest BCUT2D eigenvalue weighted by Crippen LogP contribution is -2.28. The molecule has 2 rings (SSSR count). The van der Waals surface area contributed by atoms with Crippen LogP contribution in [0.2, 0.25) is 0 Å². The van der Waals surface area contributed by atoms with Gasteiger partial charge in [-0.15, -0.1) is 0 Å². The van der Waals surface area contributed by atoms with Gasteiger partial charge in [-0.05, 0) is 6.92 Å². The number of hydrogen-bond donors (Lipinski definition) is 1. The van der Waals surface area contributed by atoms with Crippen molar-refractivity contribution in [3.63, 3.8) is 0 Å². The molecule has 1 aromatic heterocycles. The van der Waals surface area contributed by atoms with Gasteiger partial charge in [0, 0.05) is 44.1 Å². The zero-order valence-corrected chi connectivity index (χ0v) is 12.5. The summed E-state index contributed by atoms with van der Waals surface area (Å²) in [6.07, 6.45) is 2.25. The normalized spacial score (nSPS) is 10.6. The minimum atomic E-state index is 0.0101. The molecule has 112 valence electrons. The van der Waals surface area contributed by atoms with Gasteiger partial charge in [-0.1, -0.05) is 30.3 Å². The number of carbonyl (C=O) groups excluding carboxylic acids is 1. The number of aromatic nitrogens is 2. The van der Waals surface area contributed by atoms with Gasteiger partial charge >= 0.3 is 0 Å². The van der Waals surface area contributed by atoms with Gasteiger partial charge in [0.25, 0.3) is 0 Å². The van der Waals surface area contributed by atoms with Crippen molar-refractivity contribution in [1.29, 1.82) is 0 Å². The zero-order valence-electron chi connectivity index (χ0n) is 12.5. The van der Waals surface area contributed by atoms with Crippen LogP contribution in [0.3, 0.4) is 0 Å². The van der Waals surface area contributed by atoms with Crippen LogP contribution in [-0.2, 0) is 16.1 Å². The van der Waals surface area contributed by atoms with Crippen LogP contribution in [0, 0.1) is 6.92 Å². The molecule has 21 heavy (non-hydrogen) atoms. The average molecular weight is 287 g/mol. The molecule has 5 nitrogen and oxygen atoms in total. The zero-order chi connectivity index (χ0) is 15.1. The fourth-order valence-electron chi connectivity index (χ4n) is 2.15. The number of benzene rings is 1. The Hall–Kier alpha value is -2.14. The fraction of sp³-hybridized carbons (Fsp3) is 0.375. The van der Waals surface area contributed by atoms with Gasteiger partial charge in [-0.25, -0.2) is 4.98 Å². The maximum atomic E-state index is 11.6. The van der Waals surface area contributed by atoms with E-state index in [1.807, 2.05) is 43.5 Å². The minimum Gasteiger partial charge on any atom is -0.384 e. The Morgan fingerprint density at radius 3 is 2.81 bits per heavy atom. The summed E-state index contributed by atoms with van der Waals surface area (Å²) in [7, 11) is 1.59. The summed E-state index contributed by atoms with van der Waals surface area (Å²) in [6.45, 7) is 3.76. The first-order chi connectivity index (χ1) is 10.2. The van der Waals surface area contributed by atoms with E-state index in [0.717, 1.165) is 17.1 Å². The molecule has 0 saturated heterocycles. The molecular weight excluding hydrogens is 266 g/mol. The Balaban J connectivity index is 1.98. The van der Waals surface area contributed by atoms with Gasteiger partial charge in [0.1, 0.15) is 5.82 Å². The van der Waals surface area contributed by atoms with Gasteiger partial charge in [0.05, 0.1) is 6.61 Å². The van der Waals surface area contributed by atoms with Gasteiger partial charge in [-0.2, -0.15) is 0 Å². The van der Waals surface area contributed by atoms with E-state index in [1.165, 1.54) is 0 Å². The standard InChI is InChI=1S/C16H21N3O2/c1-13-12-18-16(14-6-4-3-5-7-14)19(13)10-9-17-15(20)8-11-21-2/h3-7,12H,8-11H2,1-2H3,(H,17,20). The van der Waals surface area contributed by atoms with E-state index in [2.05, 4.69) is 14.9 Å². The van der Waals surface area contributed by atoms with Gasteiger partial charge < -0.3 is 14.6 Å². The Kier molecular flexibility index (Phi) is 5.51. The van der Waals surface area contributed by atoms with Crippen LogP contribution >= 0.6 is 0 Å². The molecule has 0 saturated carbocycles. The third-order valence-corrected chi connectivity index (χ3v) is 3.28. The highest BCUT2D eigenvalue weighted by molar-refractivity contribution is 5.75. The van der Waals surface area contributed by atoms with Crippen molar-refractivity contribution in [2.45, 2.75) is 19.9 Å². The molecule has 0 aliphatic carbocycles. The second kappa shape index (κ2) is 7.59. The Bertz CT molecular complexity index is 578. The molecule has 1 aromatic carbocycles. The Morgan fingerprint density at radius 1 is 1.33 bits per heavy atom. The van der Waals surface area contributed by atoms with Crippen LogP contribution in [0.25, 0.3) is 11.4 Å². The number of nitrogens with zero attached hydrogens (tertiary/aromatic N) is 2. The maximum absolute atomic E-state index is 11.6. The van der Waals surface area contributed by atoms with Crippen molar-refractivity contribution < 1.29 is 9.53 Å². The van der Waals surface area contributed by atoms with Gasteiger partial charge in [0.2, 0.25) is 5.91 Å². The molecule has 0 bridgehead atoms. The summed E-state index contributed by atoms with van der Waals surface area (Å²) in [5.41, 5.74) is 2.16. The third kappa shape index (κ3) is 4.16. The molecule has 5 heteroatoms. The largest absolute Gasteiger partial charge is 0.384 e. The van der Waals surface area contributed by atoms with Crippen molar-refractivity contribution in [2.24, 2.45) is 0 Å². The van der Waals surface area contributed by atoms with E-state index >= 15 is 0 Å². The first kappa shape index (κ1) is 15.3. The number of methoxy groups -OCH3 is 1. The van der Waals surface area contributed by atoms with Crippen molar-refractivity contribution >= 4 is 5.91 Å². The van der Waals surface area contributed by atoms with Crippen LogP contribution in [0.5, 0.6) is 0 Å². The van der Waals surface area contributed by atoms with Gasteiger partial charge in [0.15, 0.2) is 0 Å². The lowest BCUT2D eigenvalue weighted by molar-refractivity contribution is -0.121. The summed E-state index contributed by atoms with van der Waals surface area (Å²) in [5.74, 6) is 0.940. The summed E-state index contributed by atoms with van der Waals surface area (Å²) in [5, 5.41) is 2.89. The first-order valence-corrected chi connectivity index (χ1v) is 7.05. The van der Waals surface area contributed by atoms with Crippen LogP contribution in [0.15, 0.2) is 36.5 Å². The van der Waals surface area contributed by atoms with E-state index in [4.69, 9.17) is 4.74 Å². The van der Waals surface area contributed by atoms with Crippen LogP contribution in [0.1, 0.15) is 12.1 Å². The van der Waals surface area contributed by atoms with Crippen LogP contribution in [-0.4, -0.2) is 35.7 Å². The summed E-state index contributed by atoms with van der Waals surface area (Å²) in [6, 6.07) is 10.1. The van der Waals surface area contributed by atoms with E-state index < -0.39 is 0 Å². The number of carbonyl (C=O) groups is 1. The number of hydrogen-bond acceptors (Lipinski definition) is 3. The van der Waals surface area contributed by atoms with Crippen LogP contribution < -0.4 is 5.32 Å². The molecule has 0 fully saturated rings. The highest BCUT2D eigenvalue weighted by Gasteiger charge is 2.09. The van der Waals surface area contributed by atoms with Gasteiger partial charge in [-0.3, -0.25) is 4.79 Å². The predicted octanol–water partition coefficient (Wildman–Crippen LogP) is 2.01. The second-order valence-electron chi connectivity index (χ2n) is 4.83. The monoisotopic (exact) mass is 287 g/mol. The first-order valence-electron chi connectivity index (χ1n) is 7.05. The van der Waals surface area contributed by atoms with Crippen molar-refractivity contribution in [1.82, 2.24) is 14.9 Å². The maximum Gasteiger partial charge on any atom is 0.222 e. The molecular formula is C16H21N3O2. The number of ether oxygens (including phenoxy) is 1. The average Bonchev–Trinajstić information content (AvgIpc) is 2.87. The molecule has 1 amide bonds. The number of imidazole rings is 1. The molecule has 1 N–H and O–H groups in total. The highest BCUT2D eigenvalue weighted by atomic mass is 16.5. The van der Waals surface area contributed by atoms with Crippen molar-refractivity contribution in [3.05, 3.63) is 42.2 Å². The number of amides is 1. The molecule has 0 unspecified atom stereocenters. The van der Waals surface area contributed by atoms with E-state index in [-0.39, 0.29) is 5.91 Å². The number of rotatable bonds is 7. The number of nitrogens with one attached hydrogen (secondary N) is 1. The second-order valence-corrected chi connectivity index (χ2v) is 4.83. The molecule has 0 aliphatic heterocycles. The Morgan fingerprint density at radius 2 is 2.10 bits per heavy atom. The number of aryl methyl sites for hydroxylation is 1. The molecule has 0 aliphatic rings. The quantitative estimate of drug-likeness (QED) is 0.847. The SMILES string of the molecule is COCCC(=O)NCCn1c(C)cnc1-c1ccccc1. The predicted molar refractivity (Wildman–Crippen MR) is 81.9 cm³/mol. The van der Waals surface area contributed by atoms with E-state index in [9.17, 15) is 4.79 Å². The molecule has 2 aromatic rings. The lowest BCUT2D eigenvalue weighted by atomic mass is 10.2. The summed E-state index contributed by atoms with van der Waals surface area (Å²) in [4.78, 5) is 16.0. The highest BCUT2D eigenvalue weighted by Crippen LogP contribution is 2.18. The third-order valence-electron chi connectivity index (χ3n) is 3.28. The topological polar surface area (TPSA) is 56.1 Å². The summed E-state index contributed by atoms with van der Waals surface area (Å²) < 4.78 is 7.00. The Labute approximate surface area is 125 Å². The van der Waals surface area contributed by atoms with Crippen molar-refractivity contribution in [2.75, 3.05) is 20.3 Å². The lowest BCUT2D eigenvalue weighted by Gasteiger charge is -2.11. The molecule has 0 radical (unpaired) electrons. The molecule has 1 heterocycles. The minimum absolute atomic E-state index is 0.0101. The molecule has 0 atom stereocenters. The van der Waals surface area contributed by atoms with Crippen LogP contribution in [0.4, 0.5) is 0 Å². The fourth-order valence-corrected chi connectivity index (χ4v) is 2.15. The molecule has 0 spiro atoms. The summed E-state index contributed by atoms with van der Waals surface area (Å²) >= 11 is 0. The van der Waals surface area contributed by atoms with E-state index in [1.54, 1.807) is 7.11 Å².